The Bertz CT molecular complexity index is 2890. The molecule has 2 aliphatic heterocycles. The fourth-order valence-corrected chi connectivity index (χ4v) is 10.3. The molecule has 2 fully saturated rings. The molecular weight excluding hydrogens is 1040 g/mol. The minimum absolute atomic E-state index is 0.0333. The first-order chi connectivity index (χ1) is 37.7. The summed E-state index contributed by atoms with van der Waals surface area (Å²) in [6, 6.07) is 30.4. The van der Waals surface area contributed by atoms with Crippen molar-refractivity contribution in [2.75, 3.05) is 26.2 Å². The normalized spacial score (nSPS) is 16.4. The van der Waals surface area contributed by atoms with Crippen molar-refractivity contribution in [3.05, 3.63) is 130 Å². The maximum atomic E-state index is 13.6. The van der Waals surface area contributed by atoms with Crippen molar-refractivity contribution in [3.8, 4) is 0 Å². The van der Waals surface area contributed by atoms with Gasteiger partial charge in [-0.1, -0.05) is 98.4 Å². The number of aromatic nitrogens is 4. The Morgan fingerprint density at radius 2 is 1.11 bits per heavy atom. The van der Waals surface area contributed by atoms with Crippen LogP contribution in [0.5, 0.6) is 0 Å². The molecule has 4 atom stereocenters. The minimum atomic E-state index is -0.981. The number of amides is 3. The maximum Gasteiger partial charge on any atom is 0.407 e. The van der Waals surface area contributed by atoms with Crippen molar-refractivity contribution in [1.82, 2.24) is 40.0 Å². The van der Waals surface area contributed by atoms with Gasteiger partial charge in [-0.05, 0) is 159 Å². The van der Waals surface area contributed by atoms with Gasteiger partial charge in [0.25, 0.3) is 0 Å². The molecule has 15 nitrogen and oxygen atoms in total. The van der Waals surface area contributed by atoms with Gasteiger partial charge in [0.15, 0.2) is 0 Å². The highest BCUT2D eigenvalue weighted by atomic mass is 35.5. The number of carbonyl (C=O) groups is 4. The monoisotopic (exact) mass is 1120 g/mol. The third-order valence-corrected chi connectivity index (χ3v) is 14.2. The predicted octanol–water partition coefficient (Wildman–Crippen LogP) is 13.3. The van der Waals surface area contributed by atoms with E-state index in [2.05, 4.69) is 81.4 Å². The number of piperidine rings is 2. The van der Waals surface area contributed by atoms with Crippen LogP contribution in [0.25, 0.3) is 22.1 Å². The molecule has 0 radical (unpaired) electrons. The first-order valence-electron chi connectivity index (χ1n) is 28.3. The van der Waals surface area contributed by atoms with E-state index >= 15 is 0 Å². The Balaban J connectivity index is 0.000000211. The molecule has 2 saturated heterocycles. The molecule has 8 rings (SSSR count). The van der Waals surface area contributed by atoms with E-state index in [9.17, 15) is 19.2 Å². The maximum absolute atomic E-state index is 13.6. The van der Waals surface area contributed by atoms with E-state index in [1.165, 1.54) is 37.0 Å². The number of carboxylic acid groups (broad SMARTS) is 1. The van der Waals surface area contributed by atoms with Crippen LogP contribution in [0.2, 0.25) is 10.0 Å². The summed E-state index contributed by atoms with van der Waals surface area (Å²) >= 11 is 11.9. The summed E-state index contributed by atoms with van der Waals surface area (Å²) in [5, 5.41) is 19.2. The van der Waals surface area contributed by atoms with E-state index in [0.717, 1.165) is 85.4 Å². The summed E-state index contributed by atoms with van der Waals surface area (Å²) in [5.41, 5.74) is 5.26. The molecule has 0 bridgehead atoms. The quantitative estimate of drug-likeness (QED) is 0.0646. The predicted molar refractivity (Wildman–Crippen MR) is 316 cm³/mol. The van der Waals surface area contributed by atoms with Crippen molar-refractivity contribution >= 4 is 69.3 Å². The van der Waals surface area contributed by atoms with Gasteiger partial charge < -0.3 is 44.6 Å². The lowest BCUT2D eigenvalue weighted by Crippen LogP contribution is -2.46. The molecule has 0 unspecified atom stereocenters. The minimum Gasteiger partial charge on any atom is -0.481 e. The lowest BCUT2D eigenvalue weighted by Gasteiger charge is -2.34. The van der Waals surface area contributed by atoms with Crippen LogP contribution in [0, 0.1) is 0 Å². The number of likely N-dealkylation sites (tertiary alicyclic amines) is 1. The molecule has 6 aromatic rings. The molecule has 79 heavy (non-hydrogen) atoms. The summed E-state index contributed by atoms with van der Waals surface area (Å²) < 4.78 is 15.4. The number of hydrogen-bond acceptors (Lipinski definition) is 9. The van der Waals surface area contributed by atoms with Crippen LogP contribution in [0.1, 0.15) is 154 Å². The number of carboxylic acids is 1. The molecule has 3 amide bonds. The summed E-state index contributed by atoms with van der Waals surface area (Å²) in [5.74, 6) is 2.18. The highest BCUT2D eigenvalue weighted by molar-refractivity contribution is 6.30. The van der Waals surface area contributed by atoms with E-state index in [-0.39, 0.29) is 24.7 Å². The van der Waals surface area contributed by atoms with Crippen LogP contribution >= 0.6 is 23.2 Å². The number of unbranched alkanes of at least 4 members (excludes halogenated alkanes) is 2. The van der Waals surface area contributed by atoms with Crippen molar-refractivity contribution in [3.63, 3.8) is 0 Å². The van der Waals surface area contributed by atoms with E-state index < -0.39 is 41.4 Å². The van der Waals surface area contributed by atoms with Gasteiger partial charge in [0.2, 0.25) is 5.91 Å². The van der Waals surface area contributed by atoms with E-state index in [1.54, 1.807) is 45.0 Å². The van der Waals surface area contributed by atoms with Crippen LogP contribution in [0.3, 0.4) is 0 Å². The SMILES string of the molecule is CC(C)(C)OC(=O)N[C@@H](CC(=O)O)Cc1ccc(Cl)cc1.CCCCn1c([C@@H]2CCCN(C(=O)C[C@@H](Cc3ccc(Cl)cc3)NC(=O)OC(C)(C)C)C2)nc2ccccc21.CCCCn1c([C@@H]2CCCNC2)nc2ccccc21. The molecule has 4 N–H and O–H groups in total. The number of aryl methyl sites for hydroxylation is 2. The second kappa shape index (κ2) is 29.9. The summed E-state index contributed by atoms with van der Waals surface area (Å²) in [6.07, 6.45) is 8.90. The number of carbonyl (C=O) groups excluding carboxylic acids is 3. The summed E-state index contributed by atoms with van der Waals surface area (Å²) in [6.45, 7) is 20.8. The van der Waals surface area contributed by atoms with Gasteiger partial charge in [-0.3, -0.25) is 9.59 Å². The number of halogens is 2. The first kappa shape index (κ1) is 62.0. The van der Waals surface area contributed by atoms with E-state index in [0.29, 0.717) is 41.9 Å². The van der Waals surface area contributed by atoms with Gasteiger partial charge in [0.05, 0.1) is 28.5 Å². The molecule has 4 aromatic carbocycles. The third kappa shape index (κ3) is 20.2. The summed E-state index contributed by atoms with van der Waals surface area (Å²) in [4.78, 5) is 60.8. The van der Waals surface area contributed by atoms with Crippen molar-refractivity contribution in [2.45, 2.75) is 181 Å². The van der Waals surface area contributed by atoms with Gasteiger partial charge in [0, 0.05) is 73.1 Å². The standard InChI is InChI=1S/C31H41ClN4O3.C16H23N3.C15H20ClNO4/c1-5-6-18-36-27-12-8-7-11-26(27)34-29(36)23-10-9-17-35(21-23)28(37)20-25(33-30(38)39-31(2,3)4)19-22-13-15-24(32)16-14-22;1-2-3-11-19-15-9-5-4-8-14(15)18-16(19)13-7-6-10-17-12-13;1-15(2,3)21-14(20)17-12(9-13(18)19)8-10-4-6-11(16)7-5-10/h7-8,11-16,23,25H,5-6,9-10,17-21H2,1-4H3,(H,33,38);4-5,8-9,13,17H,2-3,6-7,10-12H2,1H3;4-7,12H,8-9H2,1-3H3,(H,17,20)(H,18,19)/t23-,25-;13-;12-/m111/s1. The third-order valence-electron chi connectivity index (χ3n) is 13.7. The van der Waals surface area contributed by atoms with Gasteiger partial charge in [0.1, 0.15) is 22.9 Å². The van der Waals surface area contributed by atoms with Crippen LogP contribution in [0.4, 0.5) is 9.59 Å². The number of alkyl carbamates (subject to hydrolysis) is 2. The Hall–Kier alpha value is -6.16. The number of nitrogens with one attached hydrogen (secondary N) is 3. The number of rotatable bonds is 18. The van der Waals surface area contributed by atoms with Gasteiger partial charge >= 0.3 is 18.2 Å². The molecule has 2 aliphatic rings. The first-order valence-corrected chi connectivity index (χ1v) is 29.0. The Kier molecular flexibility index (Phi) is 23.5. The van der Waals surface area contributed by atoms with Crippen molar-refractivity contribution < 1.29 is 33.8 Å². The molecule has 0 saturated carbocycles. The zero-order valence-electron chi connectivity index (χ0n) is 47.7. The zero-order valence-corrected chi connectivity index (χ0v) is 49.2. The fourth-order valence-electron chi connectivity index (χ4n) is 10.1. The van der Waals surface area contributed by atoms with Crippen LogP contribution in [-0.2, 0) is 45.0 Å². The van der Waals surface area contributed by atoms with Gasteiger partial charge in [-0.2, -0.15) is 0 Å². The van der Waals surface area contributed by atoms with Crippen LogP contribution < -0.4 is 16.0 Å². The number of imidazole rings is 2. The number of benzene rings is 4. The number of nitrogens with zero attached hydrogens (tertiary/aromatic N) is 5. The number of fused-ring (bicyclic) bond motifs is 2. The molecule has 2 aromatic heterocycles. The Morgan fingerprint density at radius 1 is 0.658 bits per heavy atom. The number of ether oxygens (including phenoxy) is 2. The summed E-state index contributed by atoms with van der Waals surface area (Å²) in [7, 11) is 0. The molecule has 17 heteroatoms. The van der Waals surface area contributed by atoms with E-state index in [4.69, 9.17) is 47.8 Å². The average molecular weight is 1120 g/mol. The average Bonchev–Trinajstić information content (AvgIpc) is 4.13. The lowest BCUT2D eigenvalue weighted by molar-refractivity contribution is -0.137. The molecule has 428 valence electrons. The fraction of sp³-hybridized carbons (Fsp3) is 0.516. The molecule has 4 heterocycles. The smallest absolute Gasteiger partial charge is 0.407 e. The highest BCUT2D eigenvalue weighted by Crippen LogP contribution is 2.31. The molecular formula is C62H84Cl2N8O7. The molecule has 0 aliphatic carbocycles. The Morgan fingerprint density at radius 3 is 1.56 bits per heavy atom. The van der Waals surface area contributed by atoms with Gasteiger partial charge in [-0.25, -0.2) is 19.6 Å². The van der Waals surface area contributed by atoms with E-state index in [1.807, 2.05) is 56.0 Å². The largest absolute Gasteiger partial charge is 0.481 e. The lowest BCUT2D eigenvalue weighted by atomic mass is 9.95. The number of aliphatic carboxylic acids is 1. The van der Waals surface area contributed by atoms with Crippen LogP contribution in [-0.4, -0.2) is 103 Å². The highest BCUT2D eigenvalue weighted by Gasteiger charge is 2.31. The topological polar surface area (TPSA) is 182 Å². The van der Waals surface area contributed by atoms with Crippen LogP contribution in [0.15, 0.2) is 97.1 Å². The van der Waals surface area contributed by atoms with Gasteiger partial charge in [-0.15, -0.1) is 0 Å². The molecule has 0 spiro atoms. The number of hydrogen-bond donors (Lipinski definition) is 4. The van der Waals surface area contributed by atoms with Crippen molar-refractivity contribution in [1.29, 1.82) is 0 Å². The second-order valence-electron chi connectivity index (χ2n) is 22.8. The second-order valence-corrected chi connectivity index (χ2v) is 23.7. The zero-order chi connectivity index (χ0) is 57.1. The Labute approximate surface area is 477 Å². The van der Waals surface area contributed by atoms with Crippen molar-refractivity contribution in [2.24, 2.45) is 0 Å². The number of para-hydroxylation sites is 4.